The van der Waals surface area contributed by atoms with Crippen LogP contribution in [0.2, 0.25) is 5.15 Å². The monoisotopic (exact) mass is 239 g/mol. The smallest absolute Gasteiger partial charge is 0.338 e. The predicted molar refractivity (Wildman–Crippen MR) is 56.2 cm³/mol. The van der Waals surface area contributed by atoms with Gasteiger partial charge >= 0.3 is 5.97 Å². The average Bonchev–Trinajstić information content (AvgIpc) is 2.64. The molecule has 2 heterocycles. The van der Waals surface area contributed by atoms with Crippen LogP contribution in [-0.2, 0) is 0 Å². The summed E-state index contributed by atoms with van der Waals surface area (Å²) in [5, 5.41) is 11.1. The van der Waals surface area contributed by atoms with Crippen LogP contribution in [0.4, 0.5) is 0 Å². The molecule has 0 aliphatic heterocycles. The van der Waals surface area contributed by atoms with Crippen molar-refractivity contribution in [2.24, 2.45) is 0 Å². The second kappa shape index (κ2) is 3.82. The highest BCUT2D eigenvalue weighted by atomic mass is 35.5. The van der Waals surface area contributed by atoms with Crippen LogP contribution in [0.15, 0.2) is 29.2 Å². The number of pyridine rings is 1. The predicted octanol–water partition coefficient (Wildman–Crippen LogP) is 0.912. The molecule has 0 unspecified atom stereocenters. The molecule has 0 fully saturated rings. The number of aromatic amines is 1. The van der Waals surface area contributed by atoms with Crippen molar-refractivity contribution < 1.29 is 9.90 Å². The van der Waals surface area contributed by atoms with Gasteiger partial charge in [0.15, 0.2) is 5.82 Å². The molecule has 2 N–H and O–H groups in total. The molecule has 0 atom stereocenters. The number of nitrogens with zero attached hydrogens (tertiary/aromatic N) is 2. The van der Waals surface area contributed by atoms with Gasteiger partial charge in [0.25, 0.3) is 5.56 Å². The fourth-order valence-electron chi connectivity index (χ4n) is 1.19. The third kappa shape index (κ3) is 1.82. The summed E-state index contributed by atoms with van der Waals surface area (Å²) in [7, 11) is 0. The first-order valence-electron chi connectivity index (χ1n) is 4.26. The van der Waals surface area contributed by atoms with Crippen LogP contribution in [0.3, 0.4) is 0 Å². The Morgan fingerprint density at radius 1 is 1.44 bits per heavy atom. The highest BCUT2D eigenvalue weighted by Gasteiger charge is 2.10. The van der Waals surface area contributed by atoms with E-state index in [1.165, 1.54) is 29.1 Å². The number of nitrogens with one attached hydrogen (secondary N) is 1. The average molecular weight is 240 g/mol. The first-order chi connectivity index (χ1) is 7.58. The third-order valence-electron chi connectivity index (χ3n) is 1.92. The number of aromatic carboxylic acids is 1. The number of aromatic nitrogens is 3. The highest BCUT2D eigenvalue weighted by molar-refractivity contribution is 6.32. The Bertz CT molecular complexity index is 602. The zero-order valence-electron chi connectivity index (χ0n) is 7.85. The quantitative estimate of drug-likeness (QED) is 0.763. The number of halogens is 1. The van der Waals surface area contributed by atoms with Crippen molar-refractivity contribution in [2.45, 2.75) is 0 Å². The Hall–Kier alpha value is -2.08. The van der Waals surface area contributed by atoms with Gasteiger partial charge in [0, 0.05) is 12.3 Å². The van der Waals surface area contributed by atoms with Crippen LogP contribution in [-0.4, -0.2) is 25.8 Å². The molecular weight excluding hydrogens is 234 g/mol. The van der Waals surface area contributed by atoms with Gasteiger partial charge in [-0.05, 0) is 12.1 Å². The Morgan fingerprint density at radius 3 is 2.69 bits per heavy atom. The van der Waals surface area contributed by atoms with Gasteiger partial charge in [0.2, 0.25) is 0 Å². The van der Waals surface area contributed by atoms with E-state index < -0.39 is 5.97 Å². The topological polar surface area (TPSA) is 88.0 Å². The van der Waals surface area contributed by atoms with Crippen LogP contribution in [0.5, 0.6) is 0 Å². The molecule has 0 radical (unpaired) electrons. The summed E-state index contributed by atoms with van der Waals surface area (Å²) in [5.41, 5.74) is -0.361. The van der Waals surface area contributed by atoms with Gasteiger partial charge in [-0.15, -0.1) is 0 Å². The van der Waals surface area contributed by atoms with E-state index in [2.05, 4.69) is 10.1 Å². The number of rotatable bonds is 2. The second-order valence-corrected chi connectivity index (χ2v) is 3.33. The van der Waals surface area contributed by atoms with Crippen LogP contribution in [0.25, 0.3) is 5.82 Å². The highest BCUT2D eigenvalue weighted by Crippen LogP contribution is 2.15. The molecule has 2 aromatic heterocycles. The van der Waals surface area contributed by atoms with Gasteiger partial charge in [0.1, 0.15) is 5.15 Å². The van der Waals surface area contributed by atoms with Crippen molar-refractivity contribution in [1.82, 2.24) is 14.8 Å². The first kappa shape index (κ1) is 10.4. The molecule has 7 heteroatoms. The van der Waals surface area contributed by atoms with E-state index in [-0.39, 0.29) is 16.3 Å². The van der Waals surface area contributed by atoms with Crippen LogP contribution in [0, 0.1) is 0 Å². The van der Waals surface area contributed by atoms with Gasteiger partial charge < -0.3 is 5.11 Å². The number of carboxylic acid groups (broad SMARTS) is 1. The first-order valence-corrected chi connectivity index (χ1v) is 4.63. The largest absolute Gasteiger partial charge is 0.478 e. The normalized spacial score (nSPS) is 10.3. The van der Waals surface area contributed by atoms with E-state index in [4.69, 9.17) is 16.7 Å². The van der Waals surface area contributed by atoms with Crippen molar-refractivity contribution in [3.63, 3.8) is 0 Å². The maximum atomic E-state index is 10.9. The minimum absolute atomic E-state index is 0.0834. The van der Waals surface area contributed by atoms with E-state index in [0.717, 1.165) is 0 Å². The van der Waals surface area contributed by atoms with Gasteiger partial charge in [0.05, 0.1) is 5.56 Å². The van der Waals surface area contributed by atoms with Gasteiger partial charge in [-0.1, -0.05) is 11.6 Å². The standard InChI is InChI=1S/C9H6ClN3O3/c10-8-5(9(15)16)1-2-6(11-8)13-4-3-7(14)12-13/h1-4H,(H,12,14)(H,15,16). The fraction of sp³-hybridized carbons (Fsp3) is 0. The zero-order valence-corrected chi connectivity index (χ0v) is 8.60. The Morgan fingerprint density at radius 2 is 2.19 bits per heavy atom. The summed E-state index contributed by atoms with van der Waals surface area (Å²) in [6.07, 6.45) is 1.47. The number of hydrogen-bond donors (Lipinski definition) is 2. The minimum Gasteiger partial charge on any atom is -0.478 e. The van der Waals surface area contributed by atoms with Crippen molar-refractivity contribution in [2.75, 3.05) is 0 Å². The summed E-state index contributed by atoms with van der Waals surface area (Å²) in [6, 6.07) is 4.09. The lowest BCUT2D eigenvalue weighted by Gasteiger charge is -2.03. The molecule has 6 nitrogen and oxygen atoms in total. The van der Waals surface area contributed by atoms with Crippen molar-refractivity contribution in [1.29, 1.82) is 0 Å². The van der Waals surface area contributed by atoms with Gasteiger partial charge in [-0.25, -0.2) is 14.5 Å². The summed E-state index contributed by atoms with van der Waals surface area (Å²) in [4.78, 5) is 25.4. The van der Waals surface area contributed by atoms with Gasteiger partial charge in [-0.3, -0.25) is 9.89 Å². The van der Waals surface area contributed by atoms with Crippen LogP contribution >= 0.6 is 11.6 Å². The lowest BCUT2D eigenvalue weighted by molar-refractivity contribution is 0.0696. The number of carboxylic acids is 1. The van der Waals surface area contributed by atoms with Crippen molar-refractivity contribution in [3.05, 3.63) is 45.5 Å². The van der Waals surface area contributed by atoms with E-state index >= 15 is 0 Å². The molecule has 0 aliphatic rings. The molecule has 82 valence electrons. The van der Waals surface area contributed by atoms with E-state index in [9.17, 15) is 9.59 Å². The lowest BCUT2D eigenvalue weighted by Crippen LogP contribution is -2.06. The maximum absolute atomic E-state index is 10.9. The third-order valence-corrected chi connectivity index (χ3v) is 2.21. The Kier molecular flexibility index (Phi) is 2.49. The van der Waals surface area contributed by atoms with Crippen LogP contribution in [0.1, 0.15) is 10.4 Å². The summed E-state index contributed by atoms with van der Waals surface area (Å²) < 4.78 is 1.35. The molecule has 0 aromatic carbocycles. The molecule has 0 spiro atoms. The molecule has 0 aliphatic carbocycles. The van der Waals surface area contributed by atoms with Crippen molar-refractivity contribution >= 4 is 17.6 Å². The van der Waals surface area contributed by atoms with Gasteiger partial charge in [-0.2, -0.15) is 0 Å². The van der Waals surface area contributed by atoms with E-state index in [1.54, 1.807) is 0 Å². The van der Waals surface area contributed by atoms with E-state index in [0.29, 0.717) is 5.82 Å². The number of hydrogen-bond acceptors (Lipinski definition) is 3. The number of carbonyl (C=O) groups is 1. The molecule has 16 heavy (non-hydrogen) atoms. The summed E-state index contributed by atoms with van der Waals surface area (Å²) in [5.74, 6) is -0.804. The molecule has 2 aromatic rings. The lowest BCUT2D eigenvalue weighted by atomic mass is 10.3. The second-order valence-electron chi connectivity index (χ2n) is 2.97. The molecule has 0 saturated heterocycles. The molecule has 0 amide bonds. The van der Waals surface area contributed by atoms with E-state index in [1.807, 2.05) is 0 Å². The zero-order chi connectivity index (χ0) is 11.7. The Balaban J connectivity index is 2.49. The fourth-order valence-corrected chi connectivity index (χ4v) is 1.42. The molecular formula is C9H6ClN3O3. The SMILES string of the molecule is O=C(O)c1ccc(-n2ccc(=O)[nH]2)nc1Cl. The number of H-pyrrole nitrogens is 1. The van der Waals surface area contributed by atoms with Crippen LogP contribution < -0.4 is 5.56 Å². The minimum atomic E-state index is -1.15. The van der Waals surface area contributed by atoms with Crippen molar-refractivity contribution in [3.8, 4) is 5.82 Å². The maximum Gasteiger partial charge on any atom is 0.338 e. The molecule has 0 bridgehead atoms. The molecule has 0 saturated carbocycles. The summed E-state index contributed by atoms with van der Waals surface area (Å²) >= 11 is 5.68. The Labute approximate surface area is 94.1 Å². The summed E-state index contributed by atoms with van der Waals surface area (Å²) in [6.45, 7) is 0. The molecule has 2 rings (SSSR count).